The number of guanidine groups is 1. The van der Waals surface area contributed by atoms with Gasteiger partial charge in [0, 0.05) is 19.0 Å². The summed E-state index contributed by atoms with van der Waals surface area (Å²) in [6.07, 6.45) is 1.47. The van der Waals surface area contributed by atoms with Crippen molar-refractivity contribution in [1.82, 2.24) is 15.5 Å². The number of amides is 3. The molecule has 0 aromatic heterocycles. The van der Waals surface area contributed by atoms with Crippen LogP contribution in [0.4, 0.5) is 4.79 Å². The molecule has 3 rings (SSSR count). The van der Waals surface area contributed by atoms with Crippen LogP contribution in [0.3, 0.4) is 0 Å². The van der Waals surface area contributed by atoms with Crippen LogP contribution in [0.2, 0.25) is 0 Å². The highest BCUT2D eigenvalue weighted by Gasteiger charge is 2.49. The van der Waals surface area contributed by atoms with Gasteiger partial charge in [-0.1, -0.05) is 88.4 Å². The van der Waals surface area contributed by atoms with Crippen molar-refractivity contribution in [2.75, 3.05) is 13.7 Å². The quantitative estimate of drug-likeness (QED) is 0.349. The molecule has 0 saturated carbocycles. The smallest absolute Gasteiger partial charge is 0.407 e. The molecule has 3 amide bonds. The zero-order valence-corrected chi connectivity index (χ0v) is 24.2. The summed E-state index contributed by atoms with van der Waals surface area (Å²) in [6, 6.07) is 18.1. The van der Waals surface area contributed by atoms with Crippen molar-refractivity contribution in [3.8, 4) is 0 Å². The lowest BCUT2D eigenvalue weighted by Crippen LogP contribution is -2.52. The molecule has 2 aromatic rings. The van der Waals surface area contributed by atoms with E-state index >= 15 is 0 Å². The van der Waals surface area contributed by atoms with Crippen LogP contribution in [-0.4, -0.2) is 54.5 Å². The van der Waals surface area contributed by atoms with Gasteiger partial charge in [-0.05, 0) is 42.2 Å². The number of hydrogen-bond donors (Lipinski definition) is 3. The van der Waals surface area contributed by atoms with Gasteiger partial charge in [0.1, 0.15) is 6.04 Å². The molecule has 3 atom stereocenters. The molecule has 0 saturated heterocycles. The summed E-state index contributed by atoms with van der Waals surface area (Å²) in [7, 11) is 1.27. The third kappa shape index (κ3) is 7.61. The summed E-state index contributed by atoms with van der Waals surface area (Å²) in [5, 5.41) is 5.76. The number of alkyl carbamates (subject to hydrolysis) is 1. The average molecular weight is 550 g/mol. The van der Waals surface area contributed by atoms with Gasteiger partial charge in [0.2, 0.25) is 5.91 Å². The number of nitrogens with one attached hydrogen (secondary N) is 2. The van der Waals surface area contributed by atoms with Gasteiger partial charge in [-0.15, -0.1) is 0 Å². The molecule has 0 fully saturated rings. The molecular formula is C31H43N5O4. The van der Waals surface area contributed by atoms with Crippen LogP contribution in [0.1, 0.15) is 58.1 Å². The Balaban J connectivity index is 1.67. The number of carbonyl (C=O) groups is 3. The van der Waals surface area contributed by atoms with E-state index in [-0.39, 0.29) is 35.7 Å². The van der Waals surface area contributed by atoms with Gasteiger partial charge in [-0.3, -0.25) is 14.5 Å². The standard InChI is InChI=1S/C31H43N5O4/c1-21(2)20-31(24-15-10-7-11-16-24)28(38)36(29(32)35-31)18-12-17-25(22(3)4)33-27(37)26(34-30(39)40-5)19-23-13-8-6-9-14-23/h6-11,13-16,21-22,25-26H,12,17-20H2,1-5H3,(H2,32,35)(H,33,37)(H,34,39)/t25-,26+,31-/m1/s1. The minimum atomic E-state index is -1.02. The normalized spacial score (nSPS) is 18.4. The van der Waals surface area contributed by atoms with Crippen LogP contribution >= 0.6 is 0 Å². The molecule has 0 radical (unpaired) electrons. The lowest BCUT2D eigenvalue weighted by Gasteiger charge is -2.29. The summed E-state index contributed by atoms with van der Waals surface area (Å²) in [5.41, 5.74) is 7.07. The number of ether oxygens (including phenoxy) is 1. The predicted octanol–water partition coefficient (Wildman–Crippen LogP) is 3.97. The number of hydrogen-bond acceptors (Lipinski definition) is 6. The highest BCUT2D eigenvalue weighted by Crippen LogP contribution is 2.38. The summed E-state index contributed by atoms with van der Waals surface area (Å²) in [4.78, 5) is 45.3. The third-order valence-corrected chi connectivity index (χ3v) is 7.24. The van der Waals surface area contributed by atoms with Crippen molar-refractivity contribution in [3.63, 3.8) is 0 Å². The Hall–Kier alpha value is -3.88. The highest BCUT2D eigenvalue weighted by molar-refractivity contribution is 6.07. The molecule has 40 heavy (non-hydrogen) atoms. The van der Waals surface area contributed by atoms with E-state index in [0.29, 0.717) is 32.2 Å². The van der Waals surface area contributed by atoms with E-state index in [9.17, 15) is 14.4 Å². The molecule has 1 aliphatic heterocycles. The molecule has 9 nitrogen and oxygen atoms in total. The summed E-state index contributed by atoms with van der Waals surface area (Å²) in [5.74, 6) is 0.198. The van der Waals surface area contributed by atoms with Gasteiger partial charge in [-0.2, -0.15) is 0 Å². The molecule has 2 aromatic carbocycles. The monoisotopic (exact) mass is 549 g/mol. The largest absolute Gasteiger partial charge is 0.453 e. The van der Waals surface area contributed by atoms with E-state index in [1.807, 2.05) is 74.5 Å². The van der Waals surface area contributed by atoms with E-state index < -0.39 is 17.7 Å². The topological polar surface area (TPSA) is 126 Å². The van der Waals surface area contributed by atoms with Gasteiger partial charge in [0.25, 0.3) is 5.91 Å². The molecule has 9 heteroatoms. The van der Waals surface area contributed by atoms with Crippen LogP contribution in [-0.2, 0) is 26.3 Å². The van der Waals surface area contributed by atoms with E-state index in [1.165, 1.54) is 7.11 Å². The first-order chi connectivity index (χ1) is 19.1. The maximum atomic E-state index is 13.8. The second-order valence-electron chi connectivity index (χ2n) is 11.1. The van der Waals surface area contributed by atoms with Crippen LogP contribution < -0.4 is 16.4 Å². The van der Waals surface area contributed by atoms with Crippen molar-refractivity contribution in [2.24, 2.45) is 22.6 Å². The first-order valence-electron chi connectivity index (χ1n) is 14.0. The zero-order chi connectivity index (χ0) is 29.3. The molecule has 1 heterocycles. The summed E-state index contributed by atoms with van der Waals surface area (Å²) in [6.45, 7) is 8.61. The number of carbonyl (C=O) groups excluding carboxylic acids is 3. The molecule has 0 spiro atoms. The Morgan fingerprint density at radius 1 is 1.00 bits per heavy atom. The SMILES string of the molecule is COC(=O)N[C@@H](Cc1ccccc1)C(=O)N[C@H](CCCN1C(=O)[C@@](CC(C)C)(c2ccccc2)N=C1N)C(C)C. The summed E-state index contributed by atoms with van der Waals surface area (Å²) < 4.78 is 4.75. The molecule has 216 valence electrons. The average Bonchev–Trinajstić information content (AvgIpc) is 3.17. The van der Waals surface area contributed by atoms with Gasteiger partial charge >= 0.3 is 6.09 Å². The zero-order valence-electron chi connectivity index (χ0n) is 24.2. The number of aliphatic imine (C=N–C) groups is 1. The lowest BCUT2D eigenvalue weighted by atomic mass is 9.82. The third-order valence-electron chi connectivity index (χ3n) is 7.24. The number of nitrogens with zero attached hydrogens (tertiary/aromatic N) is 2. The molecule has 0 bridgehead atoms. The Labute approximate surface area is 237 Å². The predicted molar refractivity (Wildman–Crippen MR) is 156 cm³/mol. The fourth-order valence-electron chi connectivity index (χ4n) is 5.18. The summed E-state index contributed by atoms with van der Waals surface area (Å²) >= 11 is 0. The second kappa shape index (κ2) is 14.0. The van der Waals surface area contributed by atoms with E-state index in [4.69, 9.17) is 15.5 Å². The van der Waals surface area contributed by atoms with E-state index in [2.05, 4.69) is 24.5 Å². The van der Waals surface area contributed by atoms with E-state index in [0.717, 1.165) is 11.1 Å². The fraction of sp³-hybridized carbons (Fsp3) is 0.484. The van der Waals surface area contributed by atoms with Crippen LogP contribution in [0.5, 0.6) is 0 Å². The molecule has 0 unspecified atom stereocenters. The minimum Gasteiger partial charge on any atom is -0.453 e. The maximum absolute atomic E-state index is 13.8. The first-order valence-corrected chi connectivity index (χ1v) is 14.0. The van der Waals surface area contributed by atoms with Crippen LogP contribution in [0.25, 0.3) is 0 Å². The van der Waals surface area contributed by atoms with Crippen molar-refractivity contribution < 1.29 is 19.1 Å². The molecule has 0 aliphatic carbocycles. The molecule has 1 aliphatic rings. The first kappa shape index (κ1) is 30.7. The Morgan fingerprint density at radius 3 is 2.20 bits per heavy atom. The Kier molecular flexibility index (Phi) is 10.7. The van der Waals surface area contributed by atoms with E-state index in [1.54, 1.807) is 4.90 Å². The molecule has 4 N–H and O–H groups in total. The Morgan fingerprint density at radius 2 is 1.62 bits per heavy atom. The van der Waals surface area contributed by atoms with Gasteiger partial charge < -0.3 is 21.1 Å². The van der Waals surface area contributed by atoms with Crippen LogP contribution in [0, 0.1) is 11.8 Å². The second-order valence-corrected chi connectivity index (χ2v) is 11.1. The maximum Gasteiger partial charge on any atom is 0.407 e. The Bertz CT molecular complexity index is 1170. The van der Waals surface area contributed by atoms with Crippen molar-refractivity contribution in [1.29, 1.82) is 0 Å². The highest BCUT2D eigenvalue weighted by atomic mass is 16.5. The number of rotatable bonds is 13. The van der Waals surface area contributed by atoms with Gasteiger partial charge in [-0.25, -0.2) is 9.79 Å². The number of methoxy groups -OCH3 is 1. The minimum absolute atomic E-state index is 0.111. The van der Waals surface area contributed by atoms with Crippen molar-refractivity contribution in [3.05, 3.63) is 71.8 Å². The number of benzene rings is 2. The fourth-order valence-corrected chi connectivity index (χ4v) is 5.18. The van der Waals surface area contributed by atoms with Crippen molar-refractivity contribution in [2.45, 2.75) is 71.0 Å². The van der Waals surface area contributed by atoms with Crippen molar-refractivity contribution >= 4 is 23.9 Å². The van der Waals surface area contributed by atoms with Crippen LogP contribution in [0.15, 0.2) is 65.7 Å². The van der Waals surface area contributed by atoms with Gasteiger partial charge in [0.15, 0.2) is 11.5 Å². The van der Waals surface area contributed by atoms with Gasteiger partial charge in [0.05, 0.1) is 7.11 Å². The number of nitrogens with two attached hydrogens (primary N) is 1. The molecular weight excluding hydrogens is 506 g/mol. The lowest BCUT2D eigenvalue weighted by molar-refractivity contribution is -0.132.